The minimum absolute atomic E-state index is 0. The van der Waals surface area contributed by atoms with Gasteiger partial charge in [0.2, 0.25) is 11.8 Å². The Morgan fingerprint density at radius 1 is 0.302 bits per heavy atom. The number of imide groups is 2. The second kappa shape index (κ2) is 52.6. The molecule has 0 spiro atoms. The maximum atomic E-state index is 12.7. The number of carbonyl (C=O) groups is 6. The standard InChI is InChI=1S/C23H22N4O3.C22H22ClN3O3.4C18H15P.CN.K.Pd/c1-14(2)27-12-19-9-17(8-18(10-24)21(19)22(27)29)16-6-4-15(5-7-16)11-26-13-20(28)25(3)23(26)30;1-13(2)26-11-17-8-16(9-18(23)20(17)21(26)28)15-6-4-14(5-7-15)10-25-12-19(27)24(3)22(25)29;4*1-4-10-16(11-5-1)19(17-12-6-2-7-13-17)18-14-8-3-9-15-18;1-2;;/h4-9,14H,11-13H2,1-3H3;4-9,13H,10-12H2,1-3H3;4*1-15H;;;/q;;;;;;-1;+1;. The van der Waals surface area contributed by atoms with Gasteiger partial charge in [0.25, 0.3) is 11.8 Å². The molecular formula is C118H104ClKN8O6P4Pd. The molecule has 139 heavy (non-hydrogen) atoms. The second-order valence-electron chi connectivity index (χ2n) is 33.2. The van der Waals surface area contributed by atoms with E-state index in [0.29, 0.717) is 47.9 Å². The fourth-order valence-electron chi connectivity index (χ4n) is 16.5. The van der Waals surface area contributed by atoms with Crippen molar-refractivity contribution < 1.29 is 101 Å². The normalized spacial score (nSPS) is 12.7. The van der Waals surface area contributed by atoms with Crippen molar-refractivity contribution in [3.63, 3.8) is 0 Å². The Kier molecular flexibility index (Phi) is 39.9. The first-order chi connectivity index (χ1) is 66.8. The van der Waals surface area contributed by atoms with Gasteiger partial charge in [0.15, 0.2) is 0 Å². The number of carbonyl (C=O) groups excluding carboxylic acids is 6. The molecule has 14 nitrogen and oxygen atoms in total. The number of benzene rings is 16. The number of urea groups is 2. The number of amides is 8. The summed E-state index contributed by atoms with van der Waals surface area (Å²) in [4.78, 5) is 81.6. The molecule has 2 saturated heterocycles. The van der Waals surface area contributed by atoms with E-state index < -0.39 is 31.7 Å². The predicted molar refractivity (Wildman–Crippen MR) is 566 cm³/mol. The van der Waals surface area contributed by atoms with Crippen LogP contribution in [-0.4, -0.2) is 104 Å². The molecule has 4 aliphatic heterocycles. The van der Waals surface area contributed by atoms with E-state index in [1.807, 2.05) is 99.3 Å². The molecule has 0 atom stereocenters. The molecule has 21 heteroatoms. The van der Waals surface area contributed by atoms with Gasteiger partial charge in [-0.2, -0.15) is 5.26 Å². The molecule has 0 aromatic heterocycles. The summed E-state index contributed by atoms with van der Waals surface area (Å²) in [6.45, 7) is 14.7. The average Bonchev–Trinajstić information content (AvgIpc) is 1.62. The van der Waals surface area contributed by atoms with Crippen LogP contribution in [0.1, 0.15) is 76.2 Å². The predicted octanol–water partition coefficient (Wildman–Crippen LogP) is 17.6. The molecule has 2 fully saturated rings. The number of hydrogen-bond donors (Lipinski definition) is 0. The molecular weight excluding hydrogens is 1930 g/mol. The number of hydrogen-bond acceptors (Lipinski definition) is 8. The third-order valence-corrected chi connectivity index (χ3v) is 33.5. The smallest absolute Gasteiger partial charge is 0.512 e. The van der Waals surface area contributed by atoms with Crippen molar-refractivity contribution in [1.82, 2.24) is 29.4 Å². The van der Waals surface area contributed by atoms with E-state index in [9.17, 15) is 34.0 Å². The number of nitriles is 1. The van der Waals surface area contributed by atoms with E-state index >= 15 is 0 Å². The molecule has 0 aliphatic carbocycles. The molecule has 16 aromatic carbocycles. The van der Waals surface area contributed by atoms with Crippen LogP contribution in [0.2, 0.25) is 5.02 Å². The van der Waals surface area contributed by atoms with Gasteiger partial charge in [0.05, 0.1) is 27.8 Å². The first-order valence-electron chi connectivity index (χ1n) is 45.2. The monoisotopic (exact) mass is 2030 g/mol. The minimum Gasteiger partial charge on any atom is -0.512 e. The topological polar surface area (TPSA) is 169 Å². The molecule has 16 aromatic rings. The Labute approximate surface area is 883 Å². The Bertz CT molecular complexity index is 5930. The van der Waals surface area contributed by atoms with Crippen LogP contribution in [-0.2, 0) is 56.2 Å². The van der Waals surface area contributed by atoms with Crippen molar-refractivity contribution in [3.8, 4) is 28.3 Å². The van der Waals surface area contributed by atoms with Gasteiger partial charge in [-0.1, -0.05) is 424 Å². The fourth-order valence-corrected chi connectivity index (χ4v) is 26.0. The maximum absolute atomic E-state index is 12.7. The van der Waals surface area contributed by atoms with Crippen LogP contribution in [0.4, 0.5) is 9.59 Å². The van der Waals surface area contributed by atoms with Crippen molar-refractivity contribution in [1.29, 1.82) is 10.5 Å². The summed E-state index contributed by atoms with van der Waals surface area (Å²) < 4.78 is 0. The van der Waals surface area contributed by atoms with E-state index in [0.717, 1.165) is 54.3 Å². The molecule has 0 radical (unpaired) electrons. The molecule has 0 N–H and O–H groups in total. The molecule has 20 rings (SSSR count). The Morgan fingerprint density at radius 3 is 0.712 bits per heavy atom. The summed E-state index contributed by atoms with van der Waals surface area (Å²) in [5.41, 5.74) is 8.91. The zero-order valence-corrected chi connectivity index (χ0v) is 87.5. The summed E-state index contributed by atoms with van der Waals surface area (Å²) in [6, 6.07) is 154. The number of fused-ring (bicyclic) bond motifs is 2. The second-order valence-corrected chi connectivity index (χ2v) is 42.4. The van der Waals surface area contributed by atoms with E-state index in [1.54, 1.807) is 11.0 Å². The summed E-state index contributed by atoms with van der Waals surface area (Å²) in [5.74, 6) is -0.502. The third-order valence-electron chi connectivity index (χ3n) is 23.4. The van der Waals surface area contributed by atoms with Gasteiger partial charge in [-0.15, -0.1) is 0 Å². The molecule has 0 bridgehead atoms. The number of nitrogens with zero attached hydrogens (tertiary/aromatic N) is 8. The first kappa shape index (κ1) is 106. The zero-order chi connectivity index (χ0) is 96.1. The quantitative estimate of drug-likeness (QED) is 0.0314. The van der Waals surface area contributed by atoms with Gasteiger partial charge in [-0.3, -0.25) is 29.0 Å². The minimum atomic E-state index is -0.446. The number of rotatable bonds is 20. The van der Waals surface area contributed by atoms with Crippen LogP contribution in [0.15, 0.2) is 437 Å². The number of halogens is 1. The third kappa shape index (κ3) is 27.2. The molecule has 4 aliphatic rings. The van der Waals surface area contributed by atoms with Gasteiger partial charge < -0.3 is 31.4 Å². The Hall–Kier alpha value is -12.4. The van der Waals surface area contributed by atoms with Crippen molar-refractivity contribution >= 4 is 143 Å². The van der Waals surface area contributed by atoms with Crippen LogP contribution in [0.5, 0.6) is 0 Å². The van der Waals surface area contributed by atoms with Crippen LogP contribution in [0.3, 0.4) is 0 Å². The van der Waals surface area contributed by atoms with Crippen molar-refractivity contribution in [2.24, 2.45) is 0 Å². The molecule has 8 amide bonds. The van der Waals surface area contributed by atoms with E-state index in [1.165, 1.54) is 87.5 Å². The zero-order valence-electron chi connectivity index (χ0n) is 78.5. The summed E-state index contributed by atoms with van der Waals surface area (Å²) in [5, 5.41) is 33.1. The maximum Gasteiger partial charge on any atom is 1.00 e. The summed E-state index contributed by atoms with van der Waals surface area (Å²) in [6.07, 6.45) is 0. The molecule has 690 valence electrons. The van der Waals surface area contributed by atoms with Crippen LogP contribution in [0.25, 0.3) is 22.3 Å². The van der Waals surface area contributed by atoms with Gasteiger partial charge in [-0.25, -0.2) is 9.59 Å². The van der Waals surface area contributed by atoms with E-state index in [4.69, 9.17) is 23.4 Å². The van der Waals surface area contributed by atoms with E-state index in [-0.39, 0.29) is 133 Å². The molecule has 4 heterocycles. The van der Waals surface area contributed by atoms with Crippen LogP contribution in [0, 0.1) is 23.2 Å². The number of likely N-dealkylation sites (N-methyl/N-ethyl adjacent to an activating group) is 2. The van der Waals surface area contributed by atoms with Gasteiger partial charge in [0.1, 0.15) is 13.1 Å². The Morgan fingerprint density at radius 2 is 0.511 bits per heavy atom. The summed E-state index contributed by atoms with van der Waals surface area (Å²) in [7, 11) is 1.20. The SMILES string of the molecule is CC(C)N1Cc2cc(-c3ccc(CN4CC(=O)N(C)C4=O)cc3)cc(C#N)c2C1=O.CC(C)N1Cc2cc(-c3ccc(CN4CC(=O)N(C)C4=O)cc3)cc(Cl)c2C1=O.[C-]#N.[K+].[Pd].c1ccc(P(c2ccccc2)c2ccccc2)cc1.c1ccc(P(c2ccccc2)c2ccccc2)cc1.c1ccc(P(c2ccccc2)c2ccccc2)cc1.c1ccc(P(c2ccccc2)c2ccccc2)cc1. The van der Waals surface area contributed by atoms with Crippen LogP contribution < -0.4 is 115 Å². The Balaban J connectivity index is 0.000000150. The molecule has 0 unspecified atom stereocenters. The van der Waals surface area contributed by atoms with E-state index in [2.05, 4.69) is 370 Å². The summed E-state index contributed by atoms with van der Waals surface area (Å²) >= 11 is 6.45. The largest absolute Gasteiger partial charge is 1.00 e. The fraction of sp³-hybridized carbons (Fsp3) is 0.119. The van der Waals surface area contributed by atoms with Gasteiger partial charge in [-0.05, 0) is 192 Å². The average molecular weight is 2040 g/mol. The van der Waals surface area contributed by atoms with Crippen molar-refractivity contribution in [2.45, 2.75) is 66.0 Å². The first-order valence-corrected chi connectivity index (χ1v) is 50.9. The van der Waals surface area contributed by atoms with Gasteiger partial charge in [0, 0.05) is 72.8 Å². The van der Waals surface area contributed by atoms with Crippen molar-refractivity contribution in [2.75, 3.05) is 27.2 Å². The van der Waals surface area contributed by atoms with Gasteiger partial charge >= 0.3 is 63.4 Å². The van der Waals surface area contributed by atoms with Crippen LogP contribution >= 0.6 is 43.3 Å². The molecule has 0 saturated carbocycles. The van der Waals surface area contributed by atoms with Crippen molar-refractivity contribution in [3.05, 3.63) is 487 Å².